The van der Waals surface area contributed by atoms with Gasteiger partial charge in [-0.05, 0) is 6.92 Å². The summed E-state index contributed by atoms with van der Waals surface area (Å²) in [5, 5.41) is 3.90. The fourth-order valence-electron chi connectivity index (χ4n) is 2.49. The lowest BCUT2D eigenvalue weighted by molar-refractivity contribution is 0.381. The Morgan fingerprint density at radius 1 is 1.17 bits per heavy atom. The van der Waals surface area contributed by atoms with Crippen LogP contribution in [0.2, 0.25) is 0 Å². The number of anilines is 1. The molecule has 0 unspecified atom stereocenters. The Morgan fingerprint density at radius 2 is 1.87 bits per heavy atom. The molecule has 1 aliphatic rings. The van der Waals surface area contributed by atoms with Crippen molar-refractivity contribution < 1.29 is 12.8 Å². The summed E-state index contributed by atoms with van der Waals surface area (Å²) in [6.07, 6.45) is 4.11. The molecule has 0 bridgehead atoms. The minimum Gasteiger partial charge on any atom is -0.351 e. The monoisotopic (exact) mass is 340 g/mol. The highest BCUT2D eigenvalue weighted by molar-refractivity contribution is 7.89. The van der Waals surface area contributed by atoms with E-state index < -0.39 is 15.8 Å². The fourth-order valence-corrected chi connectivity index (χ4v) is 3.90. The first-order valence-electron chi connectivity index (χ1n) is 7.10. The number of hydrogen-bond acceptors (Lipinski definition) is 6. The molecule has 0 aliphatic carbocycles. The van der Waals surface area contributed by atoms with Crippen LogP contribution in [0.1, 0.15) is 5.69 Å². The second kappa shape index (κ2) is 5.85. The molecule has 0 spiro atoms. The molecule has 1 aliphatic heterocycles. The number of piperazine rings is 1. The largest absolute Gasteiger partial charge is 0.351 e. The van der Waals surface area contributed by atoms with Crippen LogP contribution in [0.5, 0.6) is 0 Å². The molecule has 0 N–H and O–H groups in total. The molecule has 0 atom stereocenters. The Labute approximate surface area is 133 Å². The minimum absolute atomic E-state index is 0.164. The van der Waals surface area contributed by atoms with E-state index in [2.05, 4.69) is 15.1 Å². The van der Waals surface area contributed by atoms with E-state index in [4.69, 9.17) is 0 Å². The van der Waals surface area contributed by atoms with Crippen molar-refractivity contribution in [3.05, 3.63) is 30.2 Å². The highest BCUT2D eigenvalue weighted by Crippen LogP contribution is 2.22. The summed E-state index contributed by atoms with van der Waals surface area (Å²) < 4.78 is 41.9. The third-order valence-electron chi connectivity index (χ3n) is 3.80. The van der Waals surface area contributed by atoms with E-state index in [1.165, 1.54) is 27.7 Å². The topological polar surface area (TPSA) is 84.2 Å². The van der Waals surface area contributed by atoms with Crippen LogP contribution in [0.25, 0.3) is 0 Å². The van der Waals surface area contributed by atoms with Gasteiger partial charge in [0, 0.05) is 39.4 Å². The van der Waals surface area contributed by atoms with E-state index in [0.29, 0.717) is 13.1 Å². The van der Waals surface area contributed by atoms with E-state index in [1.807, 2.05) is 0 Å². The van der Waals surface area contributed by atoms with Crippen molar-refractivity contribution in [2.45, 2.75) is 11.8 Å². The van der Waals surface area contributed by atoms with Crippen LogP contribution in [0, 0.1) is 12.7 Å². The van der Waals surface area contributed by atoms with Crippen LogP contribution >= 0.6 is 0 Å². The summed E-state index contributed by atoms with van der Waals surface area (Å²) in [7, 11) is -1.90. The zero-order valence-electron chi connectivity index (χ0n) is 12.8. The van der Waals surface area contributed by atoms with Crippen LogP contribution in [-0.2, 0) is 17.1 Å². The summed E-state index contributed by atoms with van der Waals surface area (Å²) in [5.41, 5.74) is 0.278. The predicted octanol–water partition coefficient (Wildman–Crippen LogP) is 0.169. The number of aromatic nitrogens is 4. The van der Waals surface area contributed by atoms with Crippen LogP contribution in [0.15, 0.2) is 23.6 Å². The highest BCUT2D eigenvalue weighted by Gasteiger charge is 2.30. The molecule has 3 rings (SSSR count). The van der Waals surface area contributed by atoms with Gasteiger partial charge in [-0.2, -0.15) is 9.40 Å². The molecule has 0 radical (unpaired) electrons. The summed E-state index contributed by atoms with van der Waals surface area (Å²) in [5.74, 6) is -0.244. The summed E-state index contributed by atoms with van der Waals surface area (Å²) in [6.45, 7) is 2.84. The third kappa shape index (κ3) is 2.91. The number of rotatable bonds is 3. The van der Waals surface area contributed by atoms with Crippen molar-refractivity contribution in [1.29, 1.82) is 0 Å². The van der Waals surface area contributed by atoms with E-state index >= 15 is 0 Å². The van der Waals surface area contributed by atoms with E-state index in [1.54, 1.807) is 18.9 Å². The molecule has 0 aromatic carbocycles. The predicted molar refractivity (Wildman–Crippen MR) is 80.9 cm³/mol. The number of hydrogen-bond donors (Lipinski definition) is 0. The molecule has 0 saturated carbocycles. The highest BCUT2D eigenvalue weighted by atomic mass is 32.2. The fraction of sp³-hybridized carbons (Fsp3) is 0.462. The van der Waals surface area contributed by atoms with Crippen LogP contribution in [0.4, 0.5) is 10.2 Å². The van der Waals surface area contributed by atoms with E-state index in [0.717, 1.165) is 0 Å². The molecule has 10 heteroatoms. The molecule has 1 fully saturated rings. The van der Waals surface area contributed by atoms with Gasteiger partial charge in [-0.3, -0.25) is 4.68 Å². The van der Waals surface area contributed by atoms with Gasteiger partial charge in [0.05, 0.1) is 11.9 Å². The van der Waals surface area contributed by atoms with Crippen molar-refractivity contribution in [3.8, 4) is 0 Å². The van der Waals surface area contributed by atoms with Gasteiger partial charge in [-0.25, -0.2) is 22.8 Å². The summed E-state index contributed by atoms with van der Waals surface area (Å²) >= 11 is 0. The van der Waals surface area contributed by atoms with Gasteiger partial charge in [-0.1, -0.05) is 0 Å². The first-order chi connectivity index (χ1) is 10.9. The first-order valence-corrected chi connectivity index (χ1v) is 8.54. The lowest BCUT2D eigenvalue weighted by atomic mass is 10.3. The number of aryl methyl sites for hydroxylation is 2. The van der Waals surface area contributed by atoms with Gasteiger partial charge >= 0.3 is 0 Å². The number of halogens is 1. The van der Waals surface area contributed by atoms with Crippen molar-refractivity contribution in [2.75, 3.05) is 31.1 Å². The van der Waals surface area contributed by atoms with Crippen molar-refractivity contribution >= 4 is 15.8 Å². The standard InChI is InChI=1S/C13H17FN6O2S/c1-10-12(14)13(16-9-15-10)19-3-5-20(6-4-19)23(21,22)11-7-17-18(2)8-11/h7-9H,3-6H2,1-2H3. The summed E-state index contributed by atoms with van der Waals surface area (Å²) in [6, 6.07) is 0. The second-order valence-corrected chi connectivity index (χ2v) is 7.28. The zero-order valence-corrected chi connectivity index (χ0v) is 13.7. The molecule has 3 heterocycles. The smallest absolute Gasteiger partial charge is 0.246 e. The molecular formula is C13H17FN6O2S. The molecule has 0 amide bonds. The second-order valence-electron chi connectivity index (χ2n) is 5.34. The van der Waals surface area contributed by atoms with Crippen molar-refractivity contribution in [2.24, 2.45) is 7.05 Å². The maximum Gasteiger partial charge on any atom is 0.246 e. The van der Waals surface area contributed by atoms with Crippen LogP contribution in [0.3, 0.4) is 0 Å². The Balaban J connectivity index is 1.75. The van der Waals surface area contributed by atoms with Gasteiger partial charge in [-0.15, -0.1) is 0 Å². The lowest BCUT2D eigenvalue weighted by Crippen LogP contribution is -2.49. The van der Waals surface area contributed by atoms with E-state index in [9.17, 15) is 12.8 Å². The van der Waals surface area contributed by atoms with Gasteiger partial charge in [0.2, 0.25) is 10.0 Å². The molecular weight excluding hydrogens is 323 g/mol. The molecule has 23 heavy (non-hydrogen) atoms. The van der Waals surface area contributed by atoms with Gasteiger partial charge in [0.1, 0.15) is 11.2 Å². The van der Waals surface area contributed by atoms with Gasteiger partial charge < -0.3 is 4.90 Å². The molecule has 8 nitrogen and oxygen atoms in total. The Morgan fingerprint density at radius 3 is 2.48 bits per heavy atom. The Bertz CT molecular complexity index is 814. The third-order valence-corrected chi connectivity index (χ3v) is 5.65. The molecule has 2 aromatic heterocycles. The maximum absolute atomic E-state index is 14.1. The zero-order chi connectivity index (χ0) is 16.6. The molecule has 1 saturated heterocycles. The Kier molecular flexibility index (Phi) is 4.02. The number of nitrogens with zero attached hydrogens (tertiary/aromatic N) is 6. The average Bonchev–Trinajstić information content (AvgIpc) is 2.98. The molecule has 124 valence electrons. The lowest BCUT2D eigenvalue weighted by Gasteiger charge is -2.34. The Hall–Kier alpha value is -2.07. The van der Waals surface area contributed by atoms with Crippen molar-refractivity contribution in [3.63, 3.8) is 0 Å². The van der Waals surface area contributed by atoms with Crippen molar-refractivity contribution in [1.82, 2.24) is 24.1 Å². The van der Waals surface area contributed by atoms with E-state index in [-0.39, 0.29) is 29.5 Å². The average molecular weight is 340 g/mol. The van der Waals surface area contributed by atoms with Crippen LogP contribution < -0.4 is 4.90 Å². The maximum atomic E-state index is 14.1. The van der Waals surface area contributed by atoms with Gasteiger partial charge in [0.15, 0.2) is 11.6 Å². The SMILES string of the molecule is Cc1ncnc(N2CCN(S(=O)(=O)c3cnn(C)c3)CC2)c1F. The summed E-state index contributed by atoms with van der Waals surface area (Å²) in [4.78, 5) is 9.67. The van der Waals surface area contributed by atoms with Gasteiger partial charge in [0.25, 0.3) is 0 Å². The molecule has 2 aromatic rings. The first kappa shape index (κ1) is 15.8. The number of sulfonamides is 1. The van der Waals surface area contributed by atoms with Crippen LogP contribution in [-0.4, -0.2) is 58.7 Å². The normalized spacial score (nSPS) is 16.7. The quantitative estimate of drug-likeness (QED) is 0.792. The minimum atomic E-state index is -3.57.